The number of carboxylic acid groups (broad SMARTS) is 1. The van der Waals surface area contributed by atoms with Gasteiger partial charge in [0.15, 0.2) is 0 Å². The van der Waals surface area contributed by atoms with E-state index < -0.39 is 5.97 Å². The first-order chi connectivity index (χ1) is 7.95. The molecular formula is C12H19N3O2. The summed E-state index contributed by atoms with van der Waals surface area (Å²) in [4.78, 5) is 18.7. The molecule has 0 aliphatic carbocycles. The predicted octanol–water partition coefficient (Wildman–Crippen LogP) is 2.05. The van der Waals surface area contributed by atoms with Crippen molar-refractivity contribution in [3.05, 3.63) is 18.1 Å². The van der Waals surface area contributed by atoms with Crippen molar-refractivity contribution in [1.29, 1.82) is 0 Å². The number of carboxylic acids is 1. The van der Waals surface area contributed by atoms with E-state index >= 15 is 0 Å². The lowest BCUT2D eigenvalue weighted by Gasteiger charge is -2.22. The zero-order chi connectivity index (χ0) is 12.9. The first-order valence-electron chi connectivity index (χ1n) is 5.74. The summed E-state index contributed by atoms with van der Waals surface area (Å²) in [6.45, 7) is 6.73. The zero-order valence-corrected chi connectivity index (χ0v) is 10.5. The molecule has 0 bridgehead atoms. The van der Waals surface area contributed by atoms with Crippen molar-refractivity contribution in [2.75, 3.05) is 11.9 Å². The highest BCUT2D eigenvalue weighted by Gasteiger charge is 2.20. The summed E-state index contributed by atoms with van der Waals surface area (Å²) in [7, 11) is 0. The van der Waals surface area contributed by atoms with Gasteiger partial charge in [0, 0.05) is 18.0 Å². The average molecular weight is 237 g/mol. The fourth-order valence-corrected chi connectivity index (χ4v) is 1.30. The van der Waals surface area contributed by atoms with Crippen LogP contribution >= 0.6 is 0 Å². The van der Waals surface area contributed by atoms with Crippen LogP contribution in [-0.2, 0) is 10.2 Å². The lowest BCUT2D eigenvalue weighted by Crippen LogP contribution is -2.18. The number of rotatable bonds is 6. The van der Waals surface area contributed by atoms with Crippen LogP contribution in [0.25, 0.3) is 0 Å². The molecule has 0 spiro atoms. The van der Waals surface area contributed by atoms with Crippen LogP contribution in [0.15, 0.2) is 12.4 Å². The summed E-state index contributed by atoms with van der Waals surface area (Å²) in [5.41, 5.74) is 0.972. The van der Waals surface area contributed by atoms with Crippen molar-refractivity contribution < 1.29 is 9.90 Å². The summed E-state index contributed by atoms with van der Waals surface area (Å²) in [5, 5.41) is 11.5. The molecule has 0 fully saturated rings. The van der Waals surface area contributed by atoms with Crippen molar-refractivity contribution in [1.82, 2.24) is 9.97 Å². The molecule has 5 heteroatoms. The fraction of sp³-hybridized carbons (Fsp3) is 0.583. The molecule has 0 aliphatic heterocycles. The summed E-state index contributed by atoms with van der Waals surface area (Å²) in [5.74, 6) is -0.140. The van der Waals surface area contributed by atoms with Gasteiger partial charge in [0.05, 0.1) is 12.1 Å². The molecule has 0 unspecified atom stereocenters. The molecule has 1 rings (SSSR count). The van der Waals surface area contributed by atoms with Gasteiger partial charge in [-0.05, 0) is 6.42 Å². The zero-order valence-electron chi connectivity index (χ0n) is 10.5. The van der Waals surface area contributed by atoms with Crippen molar-refractivity contribution in [3.63, 3.8) is 0 Å². The number of anilines is 1. The summed E-state index contributed by atoms with van der Waals surface area (Å²) in [6.07, 6.45) is 2.57. The van der Waals surface area contributed by atoms with Crippen LogP contribution in [0, 0.1) is 0 Å². The minimum atomic E-state index is -0.819. The highest BCUT2D eigenvalue weighted by Crippen LogP contribution is 2.25. The molecule has 1 aromatic heterocycles. The van der Waals surface area contributed by atoms with Gasteiger partial charge in [-0.3, -0.25) is 4.79 Å². The maximum absolute atomic E-state index is 10.4. The van der Waals surface area contributed by atoms with E-state index in [9.17, 15) is 4.79 Å². The molecule has 0 saturated carbocycles. The molecule has 0 atom stereocenters. The minimum absolute atomic E-state index is 0.00612. The number of carbonyl (C=O) groups is 1. The number of hydrogen-bond donors (Lipinski definition) is 2. The van der Waals surface area contributed by atoms with E-state index in [2.05, 4.69) is 36.1 Å². The topological polar surface area (TPSA) is 75.1 Å². The predicted molar refractivity (Wildman–Crippen MR) is 66.1 cm³/mol. The van der Waals surface area contributed by atoms with Gasteiger partial charge < -0.3 is 10.4 Å². The van der Waals surface area contributed by atoms with Gasteiger partial charge in [-0.2, -0.15) is 0 Å². The van der Waals surface area contributed by atoms with Gasteiger partial charge in [0.2, 0.25) is 0 Å². The van der Waals surface area contributed by atoms with Gasteiger partial charge in [0.25, 0.3) is 0 Å². The van der Waals surface area contributed by atoms with Crippen LogP contribution in [0.2, 0.25) is 0 Å². The first-order valence-corrected chi connectivity index (χ1v) is 5.74. The van der Waals surface area contributed by atoms with E-state index in [-0.39, 0.29) is 11.8 Å². The van der Waals surface area contributed by atoms with Crippen LogP contribution in [0.1, 0.15) is 39.3 Å². The van der Waals surface area contributed by atoms with E-state index in [1.807, 2.05) is 6.07 Å². The van der Waals surface area contributed by atoms with Gasteiger partial charge in [-0.25, -0.2) is 9.97 Å². The lowest BCUT2D eigenvalue weighted by molar-refractivity contribution is -0.136. The summed E-state index contributed by atoms with van der Waals surface area (Å²) < 4.78 is 0. The van der Waals surface area contributed by atoms with Crippen LogP contribution in [0.5, 0.6) is 0 Å². The van der Waals surface area contributed by atoms with E-state index in [0.717, 1.165) is 12.1 Å². The van der Waals surface area contributed by atoms with Crippen molar-refractivity contribution in [2.45, 2.75) is 39.0 Å². The quantitative estimate of drug-likeness (QED) is 0.792. The van der Waals surface area contributed by atoms with Crippen LogP contribution in [0.4, 0.5) is 5.82 Å². The Balaban J connectivity index is 2.69. The number of aliphatic carboxylic acids is 1. The smallest absolute Gasteiger partial charge is 0.305 e. The molecular weight excluding hydrogens is 218 g/mol. The van der Waals surface area contributed by atoms with Crippen molar-refractivity contribution >= 4 is 11.8 Å². The Kier molecular flexibility index (Phi) is 4.43. The molecule has 2 N–H and O–H groups in total. The normalized spacial score (nSPS) is 11.2. The molecule has 5 nitrogen and oxygen atoms in total. The maximum atomic E-state index is 10.4. The molecule has 0 radical (unpaired) electrons. The Bertz CT molecular complexity index is 391. The Morgan fingerprint density at radius 1 is 1.47 bits per heavy atom. The monoisotopic (exact) mass is 237 g/mol. The number of hydrogen-bond acceptors (Lipinski definition) is 4. The standard InChI is InChI=1S/C12H19N3O2/c1-4-12(2,3)9-7-10(15-8-14-9)13-6-5-11(16)17/h7-8H,4-6H2,1-3H3,(H,16,17)(H,13,14,15). The highest BCUT2D eigenvalue weighted by atomic mass is 16.4. The molecule has 94 valence electrons. The second-order valence-corrected chi connectivity index (χ2v) is 4.60. The first kappa shape index (κ1) is 13.4. The Morgan fingerprint density at radius 2 is 2.18 bits per heavy atom. The summed E-state index contributed by atoms with van der Waals surface area (Å²) >= 11 is 0. The Hall–Kier alpha value is -1.65. The van der Waals surface area contributed by atoms with Crippen molar-refractivity contribution in [3.8, 4) is 0 Å². The van der Waals surface area contributed by atoms with Crippen molar-refractivity contribution in [2.24, 2.45) is 0 Å². The van der Waals surface area contributed by atoms with Gasteiger partial charge >= 0.3 is 5.97 Å². The second kappa shape index (κ2) is 5.61. The second-order valence-electron chi connectivity index (χ2n) is 4.60. The molecule has 0 aromatic carbocycles. The number of nitrogens with zero attached hydrogens (tertiary/aromatic N) is 2. The maximum Gasteiger partial charge on any atom is 0.305 e. The van der Waals surface area contributed by atoms with Gasteiger partial charge in [-0.15, -0.1) is 0 Å². The lowest BCUT2D eigenvalue weighted by atomic mass is 9.86. The van der Waals surface area contributed by atoms with Crippen LogP contribution < -0.4 is 5.32 Å². The SMILES string of the molecule is CCC(C)(C)c1cc(NCCC(=O)O)ncn1. The Labute approximate surface area is 101 Å². The molecule has 1 aromatic rings. The molecule has 0 aliphatic rings. The highest BCUT2D eigenvalue weighted by molar-refractivity contribution is 5.67. The van der Waals surface area contributed by atoms with E-state index in [4.69, 9.17) is 5.11 Å². The average Bonchev–Trinajstić information content (AvgIpc) is 2.29. The van der Waals surface area contributed by atoms with E-state index in [0.29, 0.717) is 12.4 Å². The molecule has 1 heterocycles. The minimum Gasteiger partial charge on any atom is -0.481 e. The fourth-order valence-electron chi connectivity index (χ4n) is 1.30. The molecule has 0 saturated heterocycles. The largest absolute Gasteiger partial charge is 0.481 e. The molecule has 17 heavy (non-hydrogen) atoms. The summed E-state index contributed by atoms with van der Waals surface area (Å²) in [6, 6.07) is 1.88. The number of nitrogens with one attached hydrogen (secondary N) is 1. The molecule has 0 amide bonds. The van der Waals surface area contributed by atoms with Crippen LogP contribution in [0.3, 0.4) is 0 Å². The van der Waals surface area contributed by atoms with E-state index in [1.165, 1.54) is 6.33 Å². The Morgan fingerprint density at radius 3 is 2.76 bits per heavy atom. The van der Waals surface area contributed by atoms with Gasteiger partial charge in [-0.1, -0.05) is 20.8 Å². The van der Waals surface area contributed by atoms with Gasteiger partial charge in [0.1, 0.15) is 12.1 Å². The van der Waals surface area contributed by atoms with Crippen LogP contribution in [-0.4, -0.2) is 27.6 Å². The number of aromatic nitrogens is 2. The third-order valence-electron chi connectivity index (χ3n) is 2.89. The van der Waals surface area contributed by atoms with E-state index in [1.54, 1.807) is 0 Å². The third kappa shape index (κ3) is 4.01. The third-order valence-corrected chi connectivity index (χ3v) is 2.89.